The van der Waals surface area contributed by atoms with E-state index in [0.29, 0.717) is 15.2 Å². The van der Waals surface area contributed by atoms with Crippen LogP contribution in [0.4, 0.5) is 4.39 Å². The Bertz CT molecular complexity index is 815. The number of nitrogens with zero attached hydrogens (tertiary/aromatic N) is 2. The highest BCUT2D eigenvalue weighted by atomic mass is 127. The lowest BCUT2D eigenvalue weighted by Crippen LogP contribution is -2.25. The molecule has 0 aliphatic rings. The number of nitrogens with one attached hydrogen (secondary N) is 2. The third kappa shape index (κ3) is 3.55. The van der Waals surface area contributed by atoms with Gasteiger partial charge >= 0.3 is 0 Å². The fourth-order valence-corrected chi connectivity index (χ4v) is 2.77. The lowest BCUT2D eigenvalue weighted by Gasteiger charge is -2.06. The van der Waals surface area contributed by atoms with Gasteiger partial charge in [0.1, 0.15) is 11.6 Å². The van der Waals surface area contributed by atoms with E-state index in [1.165, 1.54) is 6.07 Å². The maximum Gasteiger partial charge on any atom is 0.255 e. The number of halogens is 2. The van der Waals surface area contributed by atoms with Gasteiger partial charge in [-0.3, -0.25) is 9.89 Å². The van der Waals surface area contributed by atoms with E-state index >= 15 is 0 Å². The molecule has 3 aromatic rings. The van der Waals surface area contributed by atoms with Crippen molar-refractivity contribution in [2.24, 2.45) is 0 Å². The van der Waals surface area contributed by atoms with Gasteiger partial charge in [0.15, 0.2) is 5.82 Å². The highest BCUT2D eigenvalue weighted by Gasteiger charge is 2.15. The molecule has 5 nitrogen and oxygen atoms in total. The van der Waals surface area contributed by atoms with E-state index in [9.17, 15) is 9.18 Å². The molecule has 0 aliphatic heterocycles. The van der Waals surface area contributed by atoms with Gasteiger partial charge in [-0.1, -0.05) is 36.4 Å². The van der Waals surface area contributed by atoms with Gasteiger partial charge in [-0.25, -0.2) is 9.37 Å². The SMILES string of the molecule is O=C(NCc1nc(-c2ccccc2)n[nH]1)c1c(F)cccc1I. The van der Waals surface area contributed by atoms with Crippen LogP contribution in [-0.4, -0.2) is 21.1 Å². The first kappa shape index (κ1) is 15.6. The topological polar surface area (TPSA) is 70.7 Å². The minimum atomic E-state index is -0.544. The molecule has 0 atom stereocenters. The third-order valence-corrected chi connectivity index (χ3v) is 4.07. The molecular formula is C16H12FIN4O. The monoisotopic (exact) mass is 422 g/mol. The summed E-state index contributed by atoms with van der Waals surface area (Å²) in [5.74, 6) is 0.0287. The minimum absolute atomic E-state index is 0.0379. The molecule has 116 valence electrons. The second kappa shape index (κ2) is 6.86. The quantitative estimate of drug-likeness (QED) is 0.635. The van der Waals surface area contributed by atoms with E-state index in [4.69, 9.17) is 0 Å². The second-order valence-electron chi connectivity index (χ2n) is 4.75. The summed E-state index contributed by atoms with van der Waals surface area (Å²) in [5.41, 5.74) is 0.917. The molecule has 2 aromatic carbocycles. The molecule has 0 fully saturated rings. The number of H-pyrrole nitrogens is 1. The van der Waals surface area contributed by atoms with Crippen LogP contribution in [0, 0.1) is 9.39 Å². The second-order valence-corrected chi connectivity index (χ2v) is 5.91. The Morgan fingerprint density at radius 3 is 2.70 bits per heavy atom. The molecule has 7 heteroatoms. The average Bonchev–Trinajstić information content (AvgIpc) is 3.02. The van der Waals surface area contributed by atoms with E-state index in [2.05, 4.69) is 20.5 Å². The predicted molar refractivity (Wildman–Crippen MR) is 92.1 cm³/mol. The number of amides is 1. The van der Waals surface area contributed by atoms with Crippen LogP contribution < -0.4 is 5.32 Å². The molecule has 0 aliphatic carbocycles. The van der Waals surface area contributed by atoms with Crippen molar-refractivity contribution in [1.29, 1.82) is 0 Å². The van der Waals surface area contributed by atoms with E-state index in [1.54, 1.807) is 12.1 Å². The molecule has 0 saturated heterocycles. The van der Waals surface area contributed by atoms with Gasteiger partial charge in [-0.05, 0) is 34.7 Å². The van der Waals surface area contributed by atoms with Crippen LogP contribution in [0.5, 0.6) is 0 Å². The summed E-state index contributed by atoms with van der Waals surface area (Å²) in [6, 6.07) is 14.0. The van der Waals surface area contributed by atoms with Crippen LogP contribution in [-0.2, 0) is 6.54 Å². The van der Waals surface area contributed by atoms with Crippen LogP contribution in [0.15, 0.2) is 48.5 Å². The van der Waals surface area contributed by atoms with E-state index in [0.717, 1.165) is 5.56 Å². The summed E-state index contributed by atoms with van der Waals surface area (Å²) in [4.78, 5) is 16.4. The van der Waals surface area contributed by atoms with Gasteiger partial charge in [0.2, 0.25) is 0 Å². The van der Waals surface area contributed by atoms with Crippen molar-refractivity contribution in [3.63, 3.8) is 0 Å². The zero-order valence-corrected chi connectivity index (χ0v) is 14.0. The number of aromatic nitrogens is 3. The van der Waals surface area contributed by atoms with Gasteiger partial charge in [0, 0.05) is 9.13 Å². The number of hydrogen-bond acceptors (Lipinski definition) is 3. The highest BCUT2D eigenvalue weighted by Crippen LogP contribution is 2.16. The number of carbonyl (C=O) groups is 1. The molecule has 1 aromatic heterocycles. The fraction of sp³-hybridized carbons (Fsp3) is 0.0625. The maximum atomic E-state index is 13.8. The van der Waals surface area contributed by atoms with Crippen molar-refractivity contribution in [3.05, 3.63) is 69.3 Å². The first-order valence-electron chi connectivity index (χ1n) is 6.84. The van der Waals surface area contributed by atoms with Gasteiger partial charge in [-0.2, -0.15) is 5.10 Å². The normalized spacial score (nSPS) is 10.5. The summed E-state index contributed by atoms with van der Waals surface area (Å²) < 4.78 is 14.3. The Morgan fingerprint density at radius 1 is 1.17 bits per heavy atom. The zero-order chi connectivity index (χ0) is 16.2. The van der Waals surface area contributed by atoms with E-state index in [-0.39, 0.29) is 12.1 Å². The summed E-state index contributed by atoms with van der Waals surface area (Å²) in [6.07, 6.45) is 0. The zero-order valence-electron chi connectivity index (χ0n) is 11.9. The molecule has 1 heterocycles. The van der Waals surface area contributed by atoms with E-state index < -0.39 is 11.7 Å². The number of benzene rings is 2. The number of hydrogen-bond donors (Lipinski definition) is 2. The molecule has 3 rings (SSSR count). The molecule has 0 saturated carbocycles. The van der Waals surface area contributed by atoms with E-state index in [1.807, 2.05) is 52.9 Å². The Labute approximate surface area is 145 Å². The highest BCUT2D eigenvalue weighted by molar-refractivity contribution is 14.1. The largest absolute Gasteiger partial charge is 0.345 e. The molecular weight excluding hydrogens is 410 g/mol. The molecule has 0 bridgehead atoms. The molecule has 0 unspecified atom stereocenters. The Morgan fingerprint density at radius 2 is 1.96 bits per heavy atom. The van der Waals surface area contributed by atoms with Crippen LogP contribution in [0.2, 0.25) is 0 Å². The number of aromatic amines is 1. The van der Waals surface area contributed by atoms with Crippen molar-refractivity contribution in [1.82, 2.24) is 20.5 Å². The molecule has 1 amide bonds. The lowest BCUT2D eigenvalue weighted by molar-refractivity contribution is 0.0945. The number of rotatable bonds is 4. The van der Waals surface area contributed by atoms with Crippen molar-refractivity contribution in [3.8, 4) is 11.4 Å². The van der Waals surface area contributed by atoms with Crippen molar-refractivity contribution in [2.45, 2.75) is 6.54 Å². The minimum Gasteiger partial charge on any atom is -0.345 e. The summed E-state index contributed by atoms with van der Waals surface area (Å²) in [5, 5.41) is 9.52. The summed E-state index contributed by atoms with van der Waals surface area (Å²) in [7, 11) is 0. The standard InChI is InChI=1S/C16H12FIN4O/c17-11-7-4-8-12(18)14(11)16(23)19-9-13-20-15(22-21-13)10-5-2-1-3-6-10/h1-8H,9H2,(H,19,23)(H,20,21,22). The molecule has 0 spiro atoms. The first-order valence-corrected chi connectivity index (χ1v) is 7.92. The summed E-state index contributed by atoms with van der Waals surface area (Å²) >= 11 is 1.93. The fourth-order valence-electron chi connectivity index (χ4n) is 2.06. The Hall–Kier alpha value is -2.29. The number of carbonyl (C=O) groups excluding carboxylic acids is 1. The maximum absolute atomic E-state index is 13.8. The van der Waals surface area contributed by atoms with Crippen LogP contribution in [0.25, 0.3) is 11.4 Å². The average molecular weight is 422 g/mol. The van der Waals surface area contributed by atoms with Gasteiger partial charge in [0.25, 0.3) is 5.91 Å². The Kier molecular flexibility index (Phi) is 4.65. The lowest BCUT2D eigenvalue weighted by atomic mass is 10.2. The Balaban J connectivity index is 1.70. The van der Waals surface area contributed by atoms with Gasteiger partial charge < -0.3 is 5.32 Å². The van der Waals surface area contributed by atoms with Crippen LogP contribution in [0.1, 0.15) is 16.2 Å². The van der Waals surface area contributed by atoms with Crippen molar-refractivity contribution in [2.75, 3.05) is 0 Å². The van der Waals surface area contributed by atoms with Crippen LogP contribution in [0.3, 0.4) is 0 Å². The summed E-state index contributed by atoms with van der Waals surface area (Å²) in [6.45, 7) is 0.142. The molecule has 0 radical (unpaired) electrons. The van der Waals surface area contributed by atoms with Crippen molar-refractivity contribution >= 4 is 28.5 Å². The van der Waals surface area contributed by atoms with Gasteiger partial charge in [-0.15, -0.1) is 0 Å². The smallest absolute Gasteiger partial charge is 0.255 e. The molecule has 23 heavy (non-hydrogen) atoms. The first-order chi connectivity index (χ1) is 11.1. The van der Waals surface area contributed by atoms with Crippen LogP contribution >= 0.6 is 22.6 Å². The predicted octanol–water partition coefficient (Wildman–Crippen LogP) is 3.15. The van der Waals surface area contributed by atoms with Crippen molar-refractivity contribution < 1.29 is 9.18 Å². The molecule has 2 N–H and O–H groups in total. The third-order valence-electron chi connectivity index (χ3n) is 3.17. The van der Waals surface area contributed by atoms with Gasteiger partial charge in [0.05, 0.1) is 12.1 Å².